The molecule has 1 N–H and O–H groups in total. The smallest absolute Gasteiger partial charge is 0.355 e. The Hall–Kier alpha value is -1.14. The molecule has 0 aromatic carbocycles. The van der Waals surface area contributed by atoms with Gasteiger partial charge in [-0.25, -0.2) is 9.78 Å². The summed E-state index contributed by atoms with van der Waals surface area (Å²) in [6.07, 6.45) is 4.43. The fourth-order valence-electron chi connectivity index (χ4n) is 0.917. The highest BCUT2D eigenvalue weighted by atomic mass is 32.2. The van der Waals surface area contributed by atoms with Crippen molar-refractivity contribution in [2.45, 2.75) is 13.3 Å². The van der Waals surface area contributed by atoms with Gasteiger partial charge in [0.05, 0.1) is 0 Å². The van der Waals surface area contributed by atoms with E-state index in [1.165, 1.54) is 35.4 Å². The summed E-state index contributed by atoms with van der Waals surface area (Å²) in [7, 11) is 0. The van der Waals surface area contributed by atoms with Gasteiger partial charge in [-0.15, -0.1) is 11.3 Å². The highest BCUT2D eigenvalue weighted by Gasteiger charge is 2.05. The monoisotopic (exact) mass is 257 g/mol. The third-order valence-corrected chi connectivity index (χ3v) is 3.25. The van der Waals surface area contributed by atoms with Crippen LogP contribution in [0.25, 0.3) is 6.08 Å². The van der Waals surface area contributed by atoms with Crippen molar-refractivity contribution < 1.29 is 14.7 Å². The summed E-state index contributed by atoms with van der Waals surface area (Å²) in [6, 6.07) is 0. The number of hydrogen-bond donors (Lipinski definition) is 1. The Morgan fingerprint density at radius 3 is 2.94 bits per heavy atom. The predicted octanol–water partition coefficient (Wildman–Crippen LogP) is 2.52. The van der Waals surface area contributed by atoms with Crippen LogP contribution in [-0.4, -0.2) is 26.9 Å². The molecule has 1 heterocycles. The molecule has 4 nitrogen and oxygen atoms in total. The molecule has 0 saturated heterocycles. The fraction of sp³-hybridized carbons (Fsp3) is 0.300. The second kappa shape index (κ2) is 6.44. The molecule has 6 heteroatoms. The Labute approximate surface area is 101 Å². The number of carbonyl (C=O) groups excluding carboxylic acids is 1. The molecule has 1 aromatic rings. The lowest BCUT2D eigenvalue weighted by atomic mass is 10.4. The van der Waals surface area contributed by atoms with Crippen molar-refractivity contribution in [3.8, 4) is 0 Å². The number of aromatic carboxylic acids is 1. The highest BCUT2D eigenvalue weighted by Crippen LogP contribution is 2.12. The molecule has 86 valence electrons. The zero-order valence-corrected chi connectivity index (χ0v) is 10.3. The van der Waals surface area contributed by atoms with Gasteiger partial charge in [0, 0.05) is 18.1 Å². The van der Waals surface area contributed by atoms with Crippen molar-refractivity contribution in [1.29, 1.82) is 0 Å². The SMILES string of the molecule is CC(=O)SCCC=Cc1nc(C(=O)O)cs1. The minimum atomic E-state index is -1.01. The van der Waals surface area contributed by atoms with Crippen LogP contribution in [0, 0.1) is 0 Å². The molecule has 1 aromatic heterocycles. The van der Waals surface area contributed by atoms with Gasteiger partial charge >= 0.3 is 5.97 Å². The number of aromatic nitrogens is 1. The van der Waals surface area contributed by atoms with Gasteiger partial charge in [0.25, 0.3) is 0 Å². The van der Waals surface area contributed by atoms with Crippen LogP contribution in [0.2, 0.25) is 0 Å². The van der Waals surface area contributed by atoms with Crippen molar-refractivity contribution >= 4 is 40.3 Å². The van der Waals surface area contributed by atoms with Crippen molar-refractivity contribution in [3.05, 3.63) is 22.2 Å². The second-order valence-electron chi connectivity index (χ2n) is 2.91. The van der Waals surface area contributed by atoms with Crippen LogP contribution in [0.15, 0.2) is 11.5 Å². The number of allylic oxidation sites excluding steroid dienone is 1. The van der Waals surface area contributed by atoms with Crippen LogP contribution < -0.4 is 0 Å². The van der Waals surface area contributed by atoms with Gasteiger partial charge in [-0.2, -0.15) is 0 Å². The van der Waals surface area contributed by atoms with Crippen LogP contribution in [0.5, 0.6) is 0 Å². The zero-order valence-electron chi connectivity index (χ0n) is 8.67. The van der Waals surface area contributed by atoms with E-state index in [2.05, 4.69) is 4.98 Å². The Morgan fingerprint density at radius 1 is 1.62 bits per heavy atom. The summed E-state index contributed by atoms with van der Waals surface area (Å²) in [5, 5.41) is 10.9. The largest absolute Gasteiger partial charge is 0.476 e. The Balaban J connectivity index is 2.38. The molecular weight excluding hydrogens is 246 g/mol. The third kappa shape index (κ3) is 4.59. The minimum absolute atomic E-state index is 0.0720. The van der Waals surface area contributed by atoms with Crippen LogP contribution in [0.1, 0.15) is 28.8 Å². The van der Waals surface area contributed by atoms with Crippen LogP contribution in [0.4, 0.5) is 0 Å². The lowest BCUT2D eigenvalue weighted by Crippen LogP contribution is -1.95. The first-order chi connectivity index (χ1) is 7.59. The normalized spacial score (nSPS) is 10.8. The Kier molecular flexibility index (Phi) is 5.21. The maximum atomic E-state index is 10.6. The zero-order chi connectivity index (χ0) is 12.0. The molecule has 0 radical (unpaired) electrons. The molecule has 0 saturated carbocycles. The van der Waals surface area contributed by atoms with E-state index in [-0.39, 0.29) is 10.8 Å². The summed E-state index contributed by atoms with van der Waals surface area (Å²) in [4.78, 5) is 25.1. The molecule has 0 aliphatic rings. The minimum Gasteiger partial charge on any atom is -0.476 e. The summed E-state index contributed by atoms with van der Waals surface area (Å²) in [6.45, 7) is 1.54. The van der Waals surface area contributed by atoms with Gasteiger partial charge in [-0.05, 0) is 12.5 Å². The predicted molar refractivity (Wildman–Crippen MR) is 65.9 cm³/mol. The molecule has 0 atom stereocenters. The number of hydrogen-bond acceptors (Lipinski definition) is 5. The van der Waals surface area contributed by atoms with Crippen LogP contribution in [-0.2, 0) is 4.79 Å². The standard InChI is InChI=1S/C10H11NO3S2/c1-7(12)15-5-3-2-4-9-11-8(6-16-9)10(13)14/h2,4,6H,3,5H2,1H3,(H,13,14). The van der Waals surface area contributed by atoms with Crippen molar-refractivity contribution in [3.63, 3.8) is 0 Å². The van der Waals surface area contributed by atoms with Gasteiger partial charge < -0.3 is 5.11 Å². The quantitative estimate of drug-likeness (QED) is 0.821. The summed E-state index contributed by atoms with van der Waals surface area (Å²) in [5.74, 6) is -0.272. The van der Waals surface area contributed by atoms with E-state index in [4.69, 9.17) is 5.11 Å². The number of carboxylic acids is 1. The molecule has 0 spiro atoms. The van der Waals surface area contributed by atoms with Crippen molar-refractivity contribution in [2.24, 2.45) is 0 Å². The molecule has 0 aliphatic carbocycles. The van der Waals surface area contributed by atoms with E-state index in [0.29, 0.717) is 5.01 Å². The van der Waals surface area contributed by atoms with Crippen LogP contribution in [0.3, 0.4) is 0 Å². The van der Waals surface area contributed by atoms with Gasteiger partial charge in [-0.3, -0.25) is 4.79 Å². The van der Waals surface area contributed by atoms with Gasteiger partial charge in [-0.1, -0.05) is 17.8 Å². The van der Waals surface area contributed by atoms with Crippen LogP contribution >= 0.6 is 23.1 Å². The van der Waals surface area contributed by atoms with Crippen molar-refractivity contribution in [1.82, 2.24) is 4.98 Å². The molecule has 0 aliphatic heterocycles. The number of thioether (sulfide) groups is 1. The molecule has 16 heavy (non-hydrogen) atoms. The molecular formula is C10H11NO3S2. The van der Waals surface area contributed by atoms with E-state index >= 15 is 0 Å². The number of rotatable bonds is 5. The van der Waals surface area contributed by atoms with E-state index in [9.17, 15) is 9.59 Å². The maximum absolute atomic E-state index is 10.6. The number of carboxylic acid groups (broad SMARTS) is 1. The first kappa shape index (κ1) is 12.9. The first-order valence-electron chi connectivity index (χ1n) is 4.58. The lowest BCUT2D eigenvalue weighted by Gasteiger charge is -1.90. The average molecular weight is 257 g/mol. The highest BCUT2D eigenvalue weighted by molar-refractivity contribution is 8.13. The van der Waals surface area contributed by atoms with Gasteiger partial charge in [0.1, 0.15) is 5.01 Å². The second-order valence-corrected chi connectivity index (χ2v) is 5.07. The third-order valence-electron chi connectivity index (χ3n) is 1.59. The van der Waals surface area contributed by atoms with Gasteiger partial charge in [0.15, 0.2) is 10.8 Å². The maximum Gasteiger partial charge on any atom is 0.355 e. The summed E-state index contributed by atoms with van der Waals surface area (Å²) < 4.78 is 0. The average Bonchev–Trinajstić information content (AvgIpc) is 2.65. The first-order valence-corrected chi connectivity index (χ1v) is 6.45. The Morgan fingerprint density at radius 2 is 2.38 bits per heavy atom. The van der Waals surface area contributed by atoms with E-state index in [1.54, 1.807) is 6.08 Å². The molecule has 0 unspecified atom stereocenters. The topological polar surface area (TPSA) is 67.3 Å². The molecule has 0 amide bonds. The Bertz CT molecular complexity index is 412. The molecule has 1 rings (SSSR count). The fourth-order valence-corrected chi connectivity index (χ4v) is 2.17. The van der Waals surface area contributed by atoms with Crippen molar-refractivity contribution in [2.75, 3.05) is 5.75 Å². The van der Waals surface area contributed by atoms with Gasteiger partial charge in [0.2, 0.25) is 0 Å². The number of carbonyl (C=O) groups is 2. The number of nitrogens with zero attached hydrogens (tertiary/aromatic N) is 1. The molecule has 0 fully saturated rings. The van der Waals surface area contributed by atoms with E-state index in [1.807, 2.05) is 6.08 Å². The summed E-state index contributed by atoms with van der Waals surface area (Å²) in [5.41, 5.74) is 0.0720. The van der Waals surface area contributed by atoms with E-state index in [0.717, 1.165) is 12.2 Å². The number of thiazole rings is 1. The van der Waals surface area contributed by atoms with E-state index < -0.39 is 5.97 Å². The lowest BCUT2D eigenvalue weighted by molar-refractivity contribution is -0.109. The molecule has 0 bridgehead atoms. The summed E-state index contributed by atoms with van der Waals surface area (Å²) >= 11 is 2.56.